The van der Waals surface area contributed by atoms with Crippen LogP contribution in [0, 0.1) is 5.92 Å². The zero-order chi connectivity index (χ0) is 9.84. The van der Waals surface area contributed by atoms with Crippen molar-refractivity contribution >= 4 is 23.3 Å². The third-order valence-corrected chi connectivity index (χ3v) is 2.98. The van der Waals surface area contributed by atoms with Crippen LogP contribution in [0.25, 0.3) is 0 Å². The summed E-state index contributed by atoms with van der Waals surface area (Å²) in [7, 11) is 1.86. The van der Waals surface area contributed by atoms with Crippen LogP contribution in [0.15, 0.2) is 11.0 Å². The summed E-state index contributed by atoms with van der Waals surface area (Å²) >= 11 is 1.45. The molecule has 0 spiro atoms. The second kappa shape index (κ2) is 4.58. The summed E-state index contributed by atoms with van der Waals surface area (Å²) in [5.41, 5.74) is 0. The Labute approximate surface area is 82.0 Å². The van der Waals surface area contributed by atoms with Crippen molar-refractivity contribution in [1.29, 1.82) is 0 Å². The van der Waals surface area contributed by atoms with Crippen molar-refractivity contribution in [2.24, 2.45) is 5.92 Å². The Kier molecular flexibility index (Phi) is 3.69. The first-order chi connectivity index (χ1) is 6.16. The molecule has 0 fully saturated rings. The number of allylic oxidation sites excluding steroid dienone is 2. The van der Waals surface area contributed by atoms with E-state index in [1.54, 1.807) is 6.92 Å². The Morgan fingerprint density at radius 1 is 1.54 bits per heavy atom. The quantitative estimate of drug-likeness (QED) is 0.532. The van der Waals surface area contributed by atoms with Gasteiger partial charge in [0.25, 0.3) is 0 Å². The molecule has 1 aliphatic rings. The molecule has 1 rings (SSSR count). The van der Waals surface area contributed by atoms with Crippen molar-refractivity contribution in [3.05, 3.63) is 11.0 Å². The Morgan fingerprint density at radius 3 is 2.69 bits per heavy atom. The normalized spacial score (nSPS) is 22.3. The molecule has 3 nitrogen and oxygen atoms in total. The smallest absolute Gasteiger partial charge is 0.179 e. The van der Waals surface area contributed by atoms with Gasteiger partial charge in [0.2, 0.25) is 0 Å². The highest BCUT2D eigenvalue weighted by atomic mass is 32.2. The predicted molar refractivity (Wildman–Crippen MR) is 53.6 cm³/mol. The van der Waals surface area contributed by atoms with Crippen LogP contribution in [0.4, 0.5) is 0 Å². The summed E-state index contributed by atoms with van der Waals surface area (Å²) in [6.45, 7) is 2.50. The van der Waals surface area contributed by atoms with Crippen molar-refractivity contribution in [1.82, 2.24) is 5.32 Å². The first-order valence-corrected chi connectivity index (χ1v) is 5.22. The molecule has 0 aromatic carbocycles. The summed E-state index contributed by atoms with van der Waals surface area (Å²) in [6, 6.07) is 0. The molecule has 0 heterocycles. The van der Waals surface area contributed by atoms with E-state index in [-0.39, 0.29) is 11.6 Å². The maximum absolute atomic E-state index is 11.4. The number of thioether (sulfide) groups is 1. The minimum atomic E-state index is -0.447. The average Bonchev–Trinajstić information content (AvgIpc) is 2.34. The number of hydrogen-bond donors (Lipinski definition) is 1. The van der Waals surface area contributed by atoms with Crippen LogP contribution < -0.4 is 5.32 Å². The lowest BCUT2D eigenvalue weighted by molar-refractivity contribution is -0.125. The molecule has 1 unspecified atom stereocenters. The lowest BCUT2D eigenvalue weighted by atomic mass is 10.1. The molecule has 0 aromatic heterocycles. The molecule has 72 valence electrons. The lowest BCUT2D eigenvalue weighted by Crippen LogP contribution is -2.13. The van der Waals surface area contributed by atoms with Crippen molar-refractivity contribution in [2.45, 2.75) is 6.92 Å². The average molecular weight is 199 g/mol. The number of carbonyl (C=O) groups is 2. The Hall–Kier alpha value is -0.610. The Bertz CT molecular complexity index is 260. The van der Waals surface area contributed by atoms with Crippen molar-refractivity contribution in [3.63, 3.8) is 0 Å². The summed E-state index contributed by atoms with van der Waals surface area (Å²) in [6.07, 6.45) is 1.47. The van der Waals surface area contributed by atoms with E-state index in [0.717, 1.165) is 12.3 Å². The molecule has 0 amide bonds. The summed E-state index contributed by atoms with van der Waals surface area (Å²) < 4.78 is 0. The molecular formula is C9H13NO2S. The van der Waals surface area contributed by atoms with Gasteiger partial charge < -0.3 is 5.32 Å². The van der Waals surface area contributed by atoms with Gasteiger partial charge in [-0.15, -0.1) is 11.8 Å². The van der Waals surface area contributed by atoms with E-state index < -0.39 is 5.92 Å². The topological polar surface area (TPSA) is 46.2 Å². The molecule has 0 aromatic rings. The van der Waals surface area contributed by atoms with E-state index in [2.05, 4.69) is 5.32 Å². The Morgan fingerprint density at radius 2 is 2.23 bits per heavy atom. The van der Waals surface area contributed by atoms with Gasteiger partial charge in [0, 0.05) is 12.3 Å². The van der Waals surface area contributed by atoms with Gasteiger partial charge in [0.15, 0.2) is 11.6 Å². The van der Waals surface area contributed by atoms with E-state index in [1.165, 1.54) is 17.8 Å². The van der Waals surface area contributed by atoms with Crippen LogP contribution in [0.2, 0.25) is 0 Å². The minimum Gasteiger partial charge on any atom is -0.319 e. The zero-order valence-electron chi connectivity index (χ0n) is 7.79. The van der Waals surface area contributed by atoms with Gasteiger partial charge in [-0.25, -0.2) is 0 Å². The molecule has 0 saturated carbocycles. The van der Waals surface area contributed by atoms with E-state index in [4.69, 9.17) is 0 Å². The van der Waals surface area contributed by atoms with Gasteiger partial charge in [-0.3, -0.25) is 9.59 Å². The summed E-state index contributed by atoms with van der Waals surface area (Å²) in [4.78, 5) is 23.1. The third kappa shape index (κ3) is 2.42. The highest BCUT2D eigenvalue weighted by Gasteiger charge is 2.30. The van der Waals surface area contributed by atoms with Gasteiger partial charge in [0.05, 0.1) is 10.8 Å². The van der Waals surface area contributed by atoms with Gasteiger partial charge in [0.1, 0.15) is 0 Å². The number of ketones is 2. The third-order valence-electron chi connectivity index (χ3n) is 1.95. The van der Waals surface area contributed by atoms with E-state index >= 15 is 0 Å². The molecule has 0 saturated heterocycles. The summed E-state index contributed by atoms with van der Waals surface area (Å²) in [5, 5.41) is 2.98. The lowest BCUT2D eigenvalue weighted by Gasteiger charge is -2.01. The fraction of sp³-hybridized carbons (Fsp3) is 0.556. The maximum atomic E-state index is 11.4. The van der Waals surface area contributed by atoms with Crippen LogP contribution in [-0.2, 0) is 9.59 Å². The second-order valence-corrected chi connectivity index (χ2v) is 4.09. The van der Waals surface area contributed by atoms with Gasteiger partial charge >= 0.3 is 0 Å². The van der Waals surface area contributed by atoms with Crippen LogP contribution in [0.5, 0.6) is 0 Å². The number of hydrogen-bond acceptors (Lipinski definition) is 4. The highest BCUT2D eigenvalue weighted by molar-refractivity contribution is 8.04. The Balaban J connectivity index is 2.47. The number of carbonyl (C=O) groups excluding carboxylic acids is 2. The molecule has 0 aliphatic heterocycles. The second-order valence-electron chi connectivity index (χ2n) is 2.95. The molecule has 4 heteroatoms. The fourth-order valence-corrected chi connectivity index (χ4v) is 2.09. The number of Topliss-reactive ketones (excluding diaryl/α,β-unsaturated/α-hetero) is 1. The van der Waals surface area contributed by atoms with Crippen molar-refractivity contribution in [3.8, 4) is 0 Å². The first kappa shape index (κ1) is 10.5. The number of nitrogens with one attached hydrogen (secondary N) is 1. The van der Waals surface area contributed by atoms with Gasteiger partial charge in [-0.1, -0.05) is 0 Å². The predicted octanol–water partition coefficient (Wildman–Crippen LogP) is 0.611. The summed E-state index contributed by atoms with van der Waals surface area (Å²) in [5.74, 6) is 0.300. The van der Waals surface area contributed by atoms with Crippen LogP contribution in [0.1, 0.15) is 6.92 Å². The molecular weight excluding hydrogens is 186 g/mol. The first-order valence-electron chi connectivity index (χ1n) is 4.24. The standard InChI is InChI=1S/C9H13NO2S/c1-6-7(11)5-8(9(6)12)13-4-3-10-2/h5-6,10H,3-4H2,1-2H3. The van der Waals surface area contributed by atoms with Gasteiger partial charge in [-0.05, 0) is 20.0 Å². The van der Waals surface area contributed by atoms with Crippen LogP contribution >= 0.6 is 11.8 Å². The largest absolute Gasteiger partial charge is 0.319 e. The maximum Gasteiger partial charge on any atom is 0.179 e. The monoisotopic (exact) mass is 199 g/mol. The molecule has 1 aliphatic carbocycles. The minimum absolute atomic E-state index is 0.0221. The van der Waals surface area contributed by atoms with Crippen molar-refractivity contribution < 1.29 is 9.59 Å². The molecule has 1 N–H and O–H groups in total. The van der Waals surface area contributed by atoms with Gasteiger partial charge in [-0.2, -0.15) is 0 Å². The molecule has 13 heavy (non-hydrogen) atoms. The fourth-order valence-electron chi connectivity index (χ4n) is 1.04. The molecule has 1 atom stereocenters. The van der Waals surface area contributed by atoms with E-state index in [1.807, 2.05) is 7.05 Å². The van der Waals surface area contributed by atoms with Crippen LogP contribution in [0.3, 0.4) is 0 Å². The molecule has 0 radical (unpaired) electrons. The van der Waals surface area contributed by atoms with Crippen molar-refractivity contribution in [2.75, 3.05) is 19.3 Å². The van der Waals surface area contributed by atoms with Crippen LogP contribution in [-0.4, -0.2) is 30.9 Å². The molecule has 0 bridgehead atoms. The SMILES string of the molecule is CNCCSC1=CC(=O)C(C)C1=O. The van der Waals surface area contributed by atoms with E-state index in [0.29, 0.717) is 4.91 Å². The zero-order valence-corrected chi connectivity index (χ0v) is 8.61. The van der Waals surface area contributed by atoms with E-state index in [9.17, 15) is 9.59 Å². The number of rotatable bonds is 4. The highest BCUT2D eigenvalue weighted by Crippen LogP contribution is 2.26.